The van der Waals surface area contributed by atoms with E-state index in [-0.39, 0.29) is 0 Å². The van der Waals surface area contributed by atoms with Crippen LogP contribution in [0, 0.1) is 10.8 Å². The van der Waals surface area contributed by atoms with Gasteiger partial charge >= 0.3 is 0 Å². The largest absolute Gasteiger partial charge is 0.317 e. The highest BCUT2D eigenvalue weighted by Crippen LogP contribution is 2.31. The molecule has 2 nitrogen and oxygen atoms in total. The summed E-state index contributed by atoms with van der Waals surface area (Å²) in [6, 6.07) is 0.572. The van der Waals surface area contributed by atoms with Crippen LogP contribution >= 0.6 is 0 Å². The summed E-state index contributed by atoms with van der Waals surface area (Å²) in [5, 5.41) is 3.38. The number of hydrogen-bond donors (Lipinski definition) is 1. The standard InChI is InChI=1S/C14H30N2/c1-12(15-6)14(4,5)11-16-9-7-13(2,3)8-10-16/h12,15H,7-11H2,1-6H3. The Balaban J connectivity index is 2.44. The number of likely N-dealkylation sites (tertiary alicyclic amines) is 1. The Morgan fingerprint density at radius 3 is 2.19 bits per heavy atom. The molecule has 0 bridgehead atoms. The van der Waals surface area contributed by atoms with Gasteiger partial charge < -0.3 is 10.2 Å². The summed E-state index contributed by atoms with van der Waals surface area (Å²) < 4.78 is 0. The molecule has 0 radical (unpaired) electrons. The lowest BCUT2D eigenvalue weighted by Crippen LogP contribution is -2.48. The minimum atomic E-state index is 0.357. The Hall–Kier alpha value is -0.0800. The van der Waals surface area contributed by atoms with Crippen molar-refractivity contribution >= 4 is 0 Å². The van der Waals surface area contributed by atoms with Crippen LogP contribution in [0.2, 0.25) is 0 Å². The SMILES string of the molecule is CNC(C)C(C)(C)CN1CCC(C)(C)CC1. The van der Waals surface area contributed by atoms with E-state index >= 15 is 0 Å². The van der Waals surface area contributed by atoms with Crippen molar-refractivity contribution in [1.82, 2.24) is 10.2 Å². The van der Waals surface area contributed by atoms with Crippen LogP contribution in [0.25, 0.3) is 0 Å². The molecule has 1 saturated heterocycles. The minimum absolute atomic E-state index is 0.357. The van der Waals surface area contributed by atoms with Crippen molar-refractivity contribution in [3.05, 3.63) is 0 Å². The first-order valence-electron chi connectivity index (χ1n) is 6.66. The molecule has 1 heterocycles. The van der Waals surface area contributed by atoms with Gasteiger partial charge in [0.25, 0.3) is 0 Å². The Bertz CT molecular complexity index is 211. The van der Waals surface area contributed by atoms with Crippen molar-refractivity contribution in [3.8, 4) is 0 Å². The molecule has 1 aliphatic heterocycles. The highest BCUT2D eigenvalue weighted by Gasteiger charge is 2.31. The van der Waals surface area contributed by atoms with Crippen LogP contribution in [0.15, 0.2) is 0 Å². The van der Waals surface area contributed by atoms with Crippen molar-refractivity contribution in [2.45, 2.75) is 53.5 Å². The molecule has 1 N–H and O–H groups in total. The quantitative estimate of drug-likeness (QED) is 0.793. The molecule has 0 aliphatic carbocycles. The zero-order valence-electron chi connectivity index (χ0n) is 12.1. The van der Waals surface area contributed by atoms with Gasteiger partial charge in [0.15, 0.2) is 0 Å². The Labute approximate surface area is 102 Å². The second-order valence-corrected chi connectivity index (χ2v) is 6.94. The Kier molecular flexibility index (Phi) is 4.42. The fourth-order valence-corrected chi connectivity index (χ4v) is 2.42. The number of hydrogen-bond acceptors (Lipinski definition) is 2. The zero-order valence-corrected chi connectivity index (χ0v) is 12.1. The van der Waals surface area contributed by atoms with Crippen molar-refractivity contribution in [2.24, 2.45) is 10.8 Å². The molecular weight excluding hydrogens is 196 g/mol. The first-order valence-corrected chi connectivity index (χ1v) is 6.66. The van der Waals surface area contributed by atoms with Gasteiger partial charge in [-0.2, -0.15) is 0 Å². The first kappa shape index (κ1) is 14.0. The molecule has 0 aromatic carbocycles. The highest BCUT2D eigenvalue weighted by molar-refractivity contribution is 4.86. The van der Waals surface area contributed by atoms with Crippen LogP contribution < -0.4 is 5.32 Å². The predicted molar refractivity (Wildman–Crippen MR) is 71.8 cm³/mol. The van der Waals surface area contributed by atoms with Gasteiger partial charge in [-0.15, -0.1) is 0 Å². The van der Waals surface area contributed by atoms with Crippen LogP contribution in [0.5, 0.6) is 0 Å². The van der Waals surface area contributed by atoms with E-state index in [0.717, 1.165) is 0 Å². The molecule has 0 spiro atoms. The molecule has 96 valence electrons. The fourth-order valence-electron chi connectivity index (χ4n) is 2.42. The summed E-state index contributed by atoms with van der Waals surface area (Å²) in [7, 11) is 2.06. The van der Waals surface area contributed by atoms with E-state index in [9.17, 15) is 0 Å². The molecule has 0 aromatic rings. The zero-order chi connectivity index (χ0) is 12.4. The smallest absolute Gasteiger partial charge is 0.00991 e. The second-order valence-electron chi connectivity index (χ2n) is 6.94. The molecule has 1 atom stereocenters. The van der Waals surface area contributed by atoms with E-state index in [1.807, 2.05) is 0 Å². The summed E-state index contributed by atoms with van der Waals surface area (Å²) in [4.78, 5) is 2.64. The lowest BCUT2D eigenvalue weighted by Gasteiger charge is -2.42. The molecule has 0 amide bonds. The third-order valence-electron chi connectivity index (χ3n) is 4.45. The molecular formula is C14H30N2. The van der Waals surface area contributed by atoms with Crippen LogP contribution in [0.1, 0.15) is 47.5 Å². The van der Waals surface area contributed by atoms with Crippen LogP contribution in [0.3, 0.4) is 0 Å². The van der Waals surface area contributed by atoms with E-state index in [2.05, 4.69) is 51.9 Å². The van der Waals surface area contributed by atoms with Gasteiger partial charge in [-0.25, -0.2) is 0 Å². The number of nitrogens with zero attached hydrogens (tertiary/aromatic N) is 1. The van der Waals surface area contributed by atoms with Gasteiger partial charge in [0.05, 0.1) is 0 Å². The maximum atomic E-state index is 3.38. The summed E-state index contributed by atoms with van der Waals surface area (Å²) in [5.41, 5.74) is 0.922. The van der Waals surface area contributed by atoms with Gasteiger partial charge in [-0.05, 0) is 50.7 Å². The van der Waals surface area contributed by atoms with Gasteiger partial charge in [0.2, 0.25) is 0 Å². The fraction of sp³-hybridized carbons (Fsp3) is 1.00. The number of rotatable bonds is 4. The Morgan fingerprint density at radius 1 is 1.25 bits per heavy atom. The average molecular weight is 226 g/mol. The van der Waals surface area contributed by atoms with Crippen LogP contribution in [-0.2, 0) is 0 Å². The van der Waals surface area contributed by atoms with Gasteiger partial charge in [0, 0.05) is 12.6 Å². The van der Waals surface area contributed by atoms with Crippen molar-refractivity contribution in [1.29, 1.82) is 0 Å². The maximum Gasteiger partial charge on any atom is 0.00991 e. The summed E-state index contributed by atoms with van der Waals surface area (Å²) >= 11 is 0. The topological polar surface area (TPSA) is 15.3 Å². The third kappa shape index (κ3) is 3.74. The second kappa shape index (κ2) is 5.05. The number of nitrogens with one attached hydrogen (secondary N) is 1. The van der Waals surface area contributed by atoms with E-state index in [4.69, 9.17) is 0 Å². The van der Waals surface area contributed by atoms with E-state index in [1.54, 1.807) is 0 Å². The van der Waals surface area contributed by atoms with Crippen LogP contribution in [-0.4, -0.2) is 37.6 Å². The molecule has 16 heavy (non-hydrogen) atoms. The summed E-state index contributed by atoms with van der Waals surface area (Å²) in [5.74, 6) is 0. The van der Waals surface area contributed by atoms with Gasteiger partial charge in [0.1, 0.15) is 0 Å². The molecule has 0 saturated carbocycles. The predicted octanol–water partition coefficient (Wildman–Crippen LogP) is 2.74. The summed E-state index contributed by atoms with van der Waals surface area (Å²) in [6.07, 6.45) is 2.69. The van der Waals surface area contributed by atoms with Gasteiger partial charge in [-0.3, -0.25) is 0 Å². The van der Waals surface area contributed by atoms with Gasteiger partial charge in [-0.1, -0.05) is 27.7 Å². The molecule has 1 rings (SSSR count). The van der Waals surface area contributed by atoms with Crippen molar-refractivity contribution in [2.75, 3.05) is 26.7 Å². The van der Waals surface area contributed by atoms with Crippen molar-refractivity contribution in [3.63, 3.8) is 0 Å². The molecule has 1 fully saturated rings. The first-order chi connectivity index (χ1) is 7.27. The Morgan fingerprint density at radius 2 is 1.75 bits per heavy atom. The van der Waals surface area contributed by atoms with Crippen LogP contribution in [0.4, 0.5) is 0 Å². The average Bonchev–Trinajstić information content (AvgIpc) is 2.20. The number of piperidine rings is 1. The van der Waals surface area contributed by atoms with E-state index < -0.39 is 0 Å². The van der Waals surface area contributed by atoms with Crippen molar-refractivity contribution < 1.29 is 0 Å². The molecule has 1 aliphatic rings. The highest BCUT2D eigenvalue weighted by atomic mass is 15.1. The summed E-state index contributed by atoms with van der Waals surface area (Å²) in [6.45, 7) is 15.6. The lowest BCUT2D eigenvalue weighted by atomic mass is 9.80. The third-order valence-corrected chi connectivity index (χ3v) is 4.45. The maximum absolute atomic E-state index is 3.38. The lowest BCUT2D eigenvalue weighted by molar-refractivity contribution is 0.0822. The molecule has 0 aromatic heterocycles. The molecule has 2 heteroatoms. The van der Waals surface area contributed by atoms with E-state index in [1.165, 1.54) is 32.5 Å². The molecule has 1 unspecified atom stereocenters. The monoisotopic (exact) mass is 226 g/mol. The minimum Gasteiger partial charge on any atom is -0.317 e. The normalized spacial score (nSPS) is 24.4. The van der Waals surface area contributed by atoms with E-state index in [0.29, 0.717) is 16.9 Å².